The second-order valence-corrected chi connectivity index (χ2v) is 8.14. The van der Waals surface area contributed by atoms with Gasteiger partial charge >= 0.3 is 0 Å². The predicted octanol–water partition coefficient (Wildman–Crippen LogP) is 5.26. The largest absolute Gasteiger partial charge is 0.497 e. The summed E-state index contributed by atoms with van der Waals surface area (Å²) in [6.07, 6.45) is 3.03. The highest BCUT2D eigenvalue weighted by atomic mass is 16.5. The fraction of sp³-hybridized carbons (Fsp3) is 0.296. The van der Waals surface area contributed by atoms with Gasteiger partial charge in [0, 0.05) is 24.3 Å². The van der Waals surface area contributed by atoms with Gasteiger partial charge in [-0.3, -0.25) is 4.79 Å². The van der Waals surface area contributed by atoms with Gasteiger partial charge in [0.05, 0.1) is 13.0 Å². The van der Waals surface area contributed by atoms with E-state index in [4.69, 9.17) is 4.74 Å². The first kappa shape index (κ1) is 21.1. The van der Waals surface area contributed by atoms with Crippen molar-refractivity contribution in [2.24, 2.45) is 5.92 Å². The van der Waals surface area contributed by atoms with Gasteiger partial charge in [0.25, 0.3) is 0 Å². The molecular weight excluding hydrogens is 384 g/mol. The number of likely N-dealkylation sites (tertiary alicyclic amines) is 1. The van der Waals surface area contributed by atoms with E-state index in [1.165, 1.54) is 5.56 Å². The summed E-state index contributed by atoms with van der Waals surface area (Å²) in [7, 11) is 1.66. The molecule has 1 unspecified atom stereocenters. The zero-order valence-electron chi connectivity index (χ0n) is 18.1. The maximum Gasteiger partial charge on any atom is 0.228 e. The van der Waals surface area contributed by atoms with Crippen molar-refractivity contribution in [1.82, 2.24) is 4.90 Å². The summed E-state index contributed by atoms with van der Waals surface area (Å²) in [5.41, 5.74) is 4.29. The lowest BCUT2D eigenvalue weighted by Gasteiger charge is -2.32. The van der Waals surface area contributed by atoms with E-state index in [0.717, 1.165) is 61.5 Å². The fourth-order valence-corrected chi connectivity index (χ4v) is 4.25. The van der Waals surface area contributed by atoms with Gasteiger partial charge in [0.2, 0.25) is 5.91 Å². The molecule has 1 amide bonds. The van der Waals surface area contributed by atoms with Gasteiger partial charge in [-0.25, -0.2) is 0 Å². The van der Waals surface area contributed by atoms with Gasteiger partial charge in [-0.2, -0.15) is 0 Å². The average Bonchev–Trinajstić information content (AvgIpc) is 2.84. The van der Waals surface area contributed by atoms with Gasteiger partial charge in [-0.1, -0.05) is 60.7 Å². The monoisotopic (exact) mass is 414 g/mol. The third kappa shape index (κ3) is 5.53. The Kier molecular flexibility index (Phi) is 7.00. The van der Waals surface area contributed by atoms with E-state index in [9.17, 15) is 4.79 Å². The number of rotatable bonds is 7. The molecule has 0 spiro atoms. The van der Waals surface area contributed by atoms with E-state index in [2.05, 4.69) is 40.5 Å². The molecule has 4 heteroatoms. The minimum atomic E-state index is 0.0217. The molecule has 0 aromatic heterocycles. The van der Waals surface area contributed by atoms with Crippen LogP contribution in [0.25, 0.3) is 11.1 Å². The molecule has 1 aliphatic rings. The molecule has 3 aromatic rings. The molecular formula is C27H30N2O2. The van der Waals surface area contributed by atoms with Crippen molar-refractivity contribution in [2.75, 3.05) is 32.1 Å². The number of para-hydroxylation sites is 1. The number of nitrogens with one attached hydrogen (secondary N) is 1. The van der Waals surface area contributed by atoms with Gasteiger partial charge in [0.1, 0.15) is 5.75 Å². The Hall–Kier alpha value is -3.11. The second-order valence-electron chi connectivity index (χ2n) is 8.14. The van der Waals surface area contributed by atoms with Crippen molar-refractivity contribution in [1.29, 1.82) is 0 Å². The molecule has 0 radical (unpaired) electrons. The number of benzene rings is 3. The molecule has 3 aromatic carbocycles. The van der Waals surface area contributed by atoms with Gasteiger partial charge in [-0.05, 0) is 55.1 Å². The summed E-state index contributed by atoms with van der Waals surface area (Å²) in [4.78, 5) is 15.5. The Morgan fingerprint density at radius 2 is 1.74 bits per heavy atom. The van der Waals surface area contributed by atoms with E-state index in [-0.39, 0.29) is 11.8 Å². The topological polar surface area (TPSA) is 41.6 Å². The normalized spacial score (nSPS) is 16.6. The van der Waals surface area contributed by atoms with Crippen LogP contribution >= 0.6 is 0 Å². The second kappa shape index (κ2) is 10.3. The number of ether oxygens (including phenoxy) is 1. The molecule has 160 valence electrons. The number of piperidine rings is 1. The summed E-state index contributed by atoms with van der Waals surface area (Å²) in [6, 6.07) is 26.5. The van der Waals surface area contributed by atoms with Crippen molar-refractivity contribution in [3.63, 3.8) is 0 Å². The first-order valence-corrected chi connectivity index (χ1v) is 11.0. The van der Waals surface area contributed by atoms with E-state index in [0.29, 0.717) is 0 Å². The van der Waals surface area contributed by atoms with Gasteiger partial charge in [0.15, 0.2) is 0 Å². The number of carbonyl (C=O) groups excluding carboxylic acids is 1. The molecule has 4 nitrogen and oxygen atoms in total. The number of hydrogen-bond acceptors (Lipinski definition) is 3. The Morgan fingerprint density at radius 3 is 2.52 bits per heavy atom. The lowest BCUT2D eigenvalue weighted by atomic mass is 9.96. The fourth-order valence-electron chi connectivity index (χ4n) is 4.25. The smallest absolute Gasteiger partial charge is 0.228 e. The molecule has 4 rings (SSSR count). The zero-order chi connectivity index (χ0) is 21.5. The number of hydrogen-bond donors (Lipinski definition) is 1. The molecule has 1 aliphatic heterocycles. The van der Waals surface area contributed by atoms with Crippen LogP contribution in [-0.2, 0) is 11.2 Å². The van der Waals surface area contributed by atoms with E-state index in [1.54, 1.807) is 7.11 Å². The Labute approximate surface area is 184 Å². The number of amides is 1. The van der Waals surface area contributed by atoms with Crippen molar-refractivity contribution >= 4 is 11.6 Å². The van der Waals surface area contributed by atoms with Gasteiger partial charge < -0.3 is 15.0 Å². The first-order chi connectivity index (χ1) is 15.2. The van der Waals surface area contributed by atoms with Crippen LogP contribution in [-0.4, -0.2) is 37.6 Å². The molecule has 1 atom stereocenters. The highest BCUT2D eigenvalue weighted by molar-refractivity contribution is 5.97. The van der Waals surface area contributed by atoms with Crippen molar-refractivity contribution in [3.8, 4) is 16.9 Å². The Morgan fingerprint density at radius 1 is 1.00 bits per heavy atom. The summed E-state index contributed by atoms with van der Waals surface area (Å²) in [5.74, 6) is 0.960. The molecule has 1 fully saturated rings. The summed E-state index contributed by atoms with van der Waals surface area (Å²) >= 11 is 0. The van der Waals surface area contributed by atoms with E-state index < -0.39 is 0 Å². The maximum atomic E-state index is 13.1. The number of nitrogens with zero attached hydrogens (tertiary/aromatic N) is 1. The maximum absolute atomic E-state index is 13.1. The zero-order valence-corrected chi connectivity index (χ0v) is 18.1. The minimum absolute atomic E-state index is 0.0217. The third-order valence-electron chi connectivity index (χ3n) is 6.02. The molecule has 0 bridgehead atoms. The summed E-state index contributed by atoms with van der Waals surface area (Å²) in [5, 5.41) is 3.20. The molecule has 0 saturated carbocycles. The lowest BCUT2D eigenvalue weighted by molar-refractivity contribution is -0.121. The van der Waals surface area contributed by atoms with Crippen LogP contribution in [0.1, 0.15) is 18.4 Å². The highest BCUT2D eigenvalue weighted by Crippen LogP contribution is 2.30. The van der Waals surface area contributed by atoms with Crippen LogP contribution in [0.15, 0.2) is 78.9 Å². The van der Waals surface area contributed by atoms with E-state index in [1.807, 2.05) is 48.5 Å². The van der Waals surface area contributed by atoms with Crippen molar-refractivity contribution in [3.05, 3.63) is 84.4 Å². The van der Waals surface area contributed by atoms with Crippen LogP contribution in [0.3, 0.4) is 0 Å². The summed E-state index contributed by atoms with van der Waals surface area (Å²) < 4.78 is 5.26. The van der Waals surface area contributed by atoms with Crippen molar-refractivity contribution < 1.29 is 9.53 Å². The number of anilines is 1. The first-order valence-electron chi connectivity index (χ1n) is 11.0. The SMILES string of the molecule is COc1ccc(-c2ccccc2NC(=O)C2CCCN(CCc3ccccc3)C2)cc1. The van der Waals surface area contributed by atoms with Crippen LogP contribution < -0.4 is 10.1 Å². The Balaban J connectivity index is 1.39. The summed E-state index contributed by atoms with van der Waals surface area (Å²) in [6.45, 7) is 2.89. The molecule has 1 saturated heterocycles. The molecule has 1 N–H and O–H groups in total. The number of carbonyl (C=O) groups is 1. The molecule has 0 aliphatic carbocycles. The van der Waals surface area contributed by atoms with Crippen LogP contribution in [0.5, 0.6) is 5.75 Å². The quantitative estimate of drug-likeness (QED) is 0.574. The predicted molar refractivity (Wildman–Crippen MR) is 126 cm³/mol. The molecule has 1 heterocycles. The number of methoxy groups -OCH3 is 1. The standard InChI is InChI=1S/C27H30N2O2/c1-31-24-15-13-22(14-16-24)25-11-5-6-12-26(25)28-27(30)23-10-7-18-29(20-23)19-17-21-8-3-2-4-9-21/h2-6,8-9,11-16,23H,7,10,17-20H2,1H3,(H,28,30). The Bertz CT molecular complexity index is 986. The minimum Gasteiger partial charge on any atom is -0.497 e. The lowest BCUT2D eigenvalue weighted by Crippen LogP contribution is -2.41. The highest BCUT2D eigenvalue weighted by Gasteiger charge is 2.26. The van der Waals surface area contributed by atoms with E-state index >= 15 is 0 Å². The van der Waals surface area contributed by atoms with Crippen LogP contribution in [0.4, 0.5) is 5.69 Å². The van der Waals surface area contributed by atoms with Crippen LogP contribution in [0.2, 0.25) is 0 Å². The van der Waals surface area contributed by atoms with Gasteiger partial charge in [-0.15, -0.1) is 0 Å². The molecule has 31 heavy (non-hydrogen) atoms. The average molecular weight is 415 g/mol. The third-order valence-corrected chi connectivity index (χ3v) is 6.02. The van der Waals surface area contributed by atoms with Crippen molar-refractivity contribution in [2.45, 2.75) is 19.3 Å². The van der Waals surface area contributed by atoms with Crippen LogP contribution in [0, 0.1) is 5.92 Å².